The van der Waals surface area contributed by atoms with Crippen LogP contribution in [0.25, 0.3) is 0 Å². The summed E-state index contributed by atoms with van der Waals surface area (Å²) in [5.41, 5.74) is 0. The molecule has 69 heavy (non-hydrogen) atoms. The number of amides is 1. The second-order valence-corrected chi connectivity index (χ2v) is 20.4. The highest BCUT2D eigenvalue weighted by Gasteiger charge is 2.24. The zero-order valence-corrected chi connectivity index (χ0v) is 45.9. The number of nitrogens with one attached hydrogen (secondary N) is 1. The fraction of sp³-hybridized carbons (Fsp3) is 0.810. The molecule has 0 heterocycles. The number of carbonyl (C=O) groups excluding carboxylic acids is 2. The highest BCUT2D eigenvalue weighted by atomic mass is 16.5. The molecular formula is C63H115NO5. The molecule has 0 fully saturated rings. The highest BCUT2D eigenvalue weighted by Crippen LogP contribution is 2.18. The maximum Gasteiger partial charge on any atom is 0.306 e. The van der Waals surface area contributed by atoms with Gasteiger partial charge in [-0.3, -0.25) is 9.59 Å². The molecule has 402 valence electrons. The molecule has 0 aromatic carbocycles. The third kappa shape index (κ3) is 51.7. The minimum absolute atomic E-state index is 0.0590. The Balaban J connectivity index is 4.60. The summed E-state index contributed by atoms with van der Waals surface area (Å²) in [5, 5.41) is 23.9. The zero-order valence-electron chi connectivity index (χ0n) is 45.9. The third-order valence-electron chi connectivity index (χ3n) is 13.6. The fourth-order valence-corrected chi connectivity index (χ4v) is 9.00. The summed E-state index contributed by atoms with van der Waals surface area (Å²) in [6.45, 7) is 6.47. The number of unbranched alkanes of at least 4 members (excludes halogenated alkanes) is 32. The number of rotatable bonds is 54. The molecule has 6 nitrogen and oxygen atoms in total. The van der Waals surface area contributed by atoms with Crippen molar-refractivity contribution in [1.29, 1.82) is 0 Å². The summed E-state index contributed by atoms with van der Waals surface area (Å²) in [6, 6.07) is -0.713. The van der Waals surface area contributed by atoms with Crippen molar-refractivity contribution in [2.75, 3.05) is 6.61 Å². The van der Waals surface area contributed by atoms with Crippen LogP contribution in [0, 0.1) is 0 Å². The first-order chi connectivity index (χ1) is 34.0. The Morgan fingerprint density at radius 1 is 0.420 bits per heavy atom. The standard InChI is InChI=1S/C63H115NO5/c1-4-7-10-13-16-19-22-25-28-30-31-32-35-38-41-44-47-50-53-56-63(68)69-59(54-51-48-45-42-39-36-33-27-24-21-18-15-12-9-6-3)57-62(67)64-60(58-65)61(66)55-52-49-46-43-40-37-34-29-26-23-20-17-14-11-8-5-2/h16,19,25,27-28,31-33,38,41,59-61,65-66H,4-15,17-18,20-24,26,29-30,34-37,39-40,42-58H2,1-3H3,(H,64,67)/b19-16-,28-25-,32-31-,33-27+,41-38-. The molecule has 0 aliphatic rings. The van der Waals surface area contributed by atoms with Gasteiger partial charge < -0.3 is 20.3 Å². The van der Waals surface area contributed by atoms with Crippen LogP contribution < -0.4 is 5.32 Å². The lowest BCUT2D eigenvalue weighted by Gasteiger charge is -2.24. The molecule has 0 spiro atoms. The molecule has 1 amide bonds. The van der Waals surface area contributed by atoms with Gasteiger partial charge in [-0.1, -0.05) is 255 Å². The summed E-state index contributed by atoms with van der Waals surface area (Å²) in [7, 11) is 0. The van der Waals surface area contributed by atoms with Crippen LogP contribution in [0.15, 0.2) is 60.8 Å². The maximum absolute atomic E-state index is 13.3. The van der Waals surface area contributed by atoms with Crippen LogP contribution in [0.1, 0.15) is 303 Å². The van der Waals surface area contributed by atoms with Gasteiger partial charge in [-0.25, -0.2) is 0 Å². The van der Waals surface area contributed by atoms with Crippen LogP contribution in [0.5, 0.6) is 0 Å². The van der Waals surface area contributed by atoms with Crippen LogP contribution in [0.3, 0.4) is 0 Å². The summed E-state index contributed by atoms with van der Waals surface area (Å²) >= 11 is 0. The van der Waals surface area contributed by atoms with Crippen LogP contribution in [-0.4, -0.2) is 46.9 Å². The van der Waals surface area contributed by atoms with E-state index in [1.54, 1.807) is 0 Å². The normalized spacial score (nSPS) is 13.5. The van der Waals surface area contributed by atoms with E-state index in [0.717, 1.165) is 89.9 Å². The van der Waals surface area contributed by atoms with Crippen LogP contribution in [0.4, 0.5) is 0 Å². The van der Waals surface area contributed by atoms with E-state index in [9.17, 15) is 19.8 Å². The second-order valence-electron chi connectivity index (χ2n) is 20.4. The molecule has 0 saturated heterocycles. The lowest BCUT2D eigenvalue weighted by atomic mass is 10.0. The number of hydrogen-bond donors (Lipinski definition) is 3. The molecule has 6 heteroatoms. The summed E-state index contributed by atoms with van der Waals surface area (Å²) in [5.74, 6) is -0.509. The van der Waals surface area contributed by atoms with Gasteiger partial charge in [0.2, 0.25) is 5.91 Å². The number of aliphatic hydroxyl groups is 2. The van der Waals surface area contributed by atoms with Crippen LogP contribution >= 0.6 is 0 Å². The van der Waals surface area contributed by atoms with E-state index in [2.05, 4.69) is 86.8 Å². The summed E-state index contributed by atoms with van der Waals surface area (Å²) in [4.78, 5) is 26.3. The Labute approximate surface area is 428 Å². The smallest absolute Gasteiger partial charge is 0.306 e. The average Bonchev–Trinajstić information content (AvgIpc) is 3.34. The van der Waals surface area contributed by atoms with Gasteiger partial charge in [-0.15, -0.1) is 0 Å². The largest absolute Gasteiger partial charge is 0.462 e. The topological polar surface area (TPSA) is 95.9 Å². The molecule has 3 atom stereocenters. The average molecular weight is 967 g/mol. The van der Waals surface area contributed by atoms with E-state index in [4.69, 9.17) is 4.74 Å². The lowest BCUT2D eigenvalue weighted by Crippen LogP contribution is -2.46. The van der Waals surface area contributed by atoms with Crippen molar-refractivity contribution >= 4 is 11.9 Å². The maximum atomic E-state index is 13.3. The van der Waals surface area contributed by atoms with E-state index in [0.29, 0.717) is 19.3 Å². The van der Waals surface area contributed by atoms with Crippen molar-refractivity contribution in [3.8, 4) is 0 Å². The highest BCUT2D eigenvalue weighted by molar-refractivity contribution is 5.77. The van der Waals surface area contributed by atoms with Crippen molar-refractivity contribution in [3.05, 3.63) is 60.8 Å². The molecule has 3 unspecified atom stereocenters. The van der Waals surface area contributed by atoms with Crippen molar-refractivity contribution in [2.24, 2.45) is 0 Å². The Morgan fingerprint density at radius 3 is 1.16 bits per heavy atom. The number of esters is 1. The predicted octanol–water partition coefficient (Wildman–Crippen LogP) is 18.7. The lowest BCUT2D eigenvalue weighted by molar-refractivity contribution is -0.151. The minimum Gasteiger partial charge on any atom is -0.462 e. The molecule has 0 aliphatic heterocycles. The van der Waals surface area contributed by atoms with Crippen LogP contribution in [0.2, 0.25) is 0 Å². The third-order valence-corrected chi connectivity index (χ3v) is 13.6. The van der Waals surface area contributed by atoms with Gasteiger partial charge in [0.05, 0.1) is 25.2 Å². The quantitative estimate of drug-likeness (QED) is 0.0321. The van der Waals surface area contributed by atoms with Crippen molar-refractivity contribution in [1.82, 2.24) is 5.32 Å². The first-order valence-corrected chi connectivity index (χ1v) is 30.0. The minimum atomic E-state index is -0.798. The van der Waals surface area contributed by atoms with Crippen molar-refractivity contribution in [3.63, 3.8) is 0 Å². The fourth-order valence-electron chi connectivity index (χ4n) is 9.00. The Hall–Kier alpha value is -2.44. The SMILES string of the molecule is CCCCC/C=C\C/C=C\C/C=C\C/C=C\CCCCCC(=O)OC(CCCCCCC/C=C/CCCCCCCC)CC(=O)NC(CO)C(O)CCCCCCCCCCCCCCCCCC. The Bertz CT molecular complexity index is 1220. The summed E-state index contributed by atoms with van der Waals surface area (Å²) in [6.07, 6.45) is 71.4. The first kappa shape index (κ1) is 66.6. The summed E-state index contributed by atoms with van der Waals surface area (Å²) < 4.78 is 5.95. The molecule has 0 aromatic heterocycles. The zero-order chi connectivity index (χ0) is 50.2. The van der Waals surface area contributed by atoms with Gasteiger partial charge in [-0.2, -0.15) is 0 Å². The molecule has 0 aliphatic carbocycles. The first-order valence-electron chi connectivity index (χ1n) is 30.0. The number of hydrogen-bond acceptors (Lipinski definition) is 5. The van der Waals surface area contributed by atoms with E-state index in [1.165, 1.54) is 167 Å². The number of ether oxygens (including phenoxy) is 1. The molecule has 0 rings (SSSR count). The van der Waals surface area contributed by atoms with E-state index < -0.39 is 18.2 Å². The predicted molar refractivity (Wildman–Crippen MR) is 301 cm³/mol. The monoisotopic (exact) mass is 966 g/mol. The van der Waals surface area contributed by atoms with Crippen molar-refractivity contribution < 1.29 is 24.5 Å². The van der Waals surface area contributed by atoms with Gasteiger partial charge in [0.25, 0.3) is 0 Å². The van der Waals surface area contributed by atoms with Crippen LogP contribution in [-0.2, 0) is 14.3 Å². The molecule has 0 saturated carbocycles. The van der Waals surface area contributed by atoms with Gasteiger partial charge in [-0.05, 0) is 96.3 Å². The number of carbonyl (C=O) groups is 2. The van der Waals surface area contributed by atoms with Gasteiger partial charge in [0, 0.05) is 6.42 Å². The number of allylic oxidation sites excluding steroid dienone is 10. The second kappa shape index (κ2) is 56.5. The van der Waals surface area contributed by atoms with Crippen molar-refractivity contribution in [2.45, 2.75) is 322 Å². The molecule has 0 aromatic rings. The molecule has 3 N–H and O–H groups in total. The van der Waals surface area contributed by atoms with E-state index in [-0.39, 0.29) is 24.9 Å². The molecular weight excluding hydrogens is 851 g/mol. The molecule has 0 bridgehead atoms. The Morgan fingerprint density at radius 2 is 0.739 bits per heavy atom. The van der Waals surface area contributed by atoms with Gasteiger partial charge in [0.15, 0.2) is 0 Å². The van der Waals surface area contributed by atoms with Gasteiger partial charge >= 0.3 is 5.97 Å². The molecule has 0 radical (unpaired) electrons. The van der Waals surface area contributed by atoms with Gasteiger partial charge in [0.1, 0.15) is 6.10 Å². The number of aliphatic hydroxyl groups excluding tert-OH is 2. The Kier molecular flexibility index (Phi) is 54.5. The van der Waals surface area contributed by atoms with E-state index >= 15 is 0 Å². The van der Waals surface area contributed by atoms with E-state index in [1.807, 2.05) is 0 Å².